The summed E-state index contributed by atoms with van der Waals surface area (Å²) in [5.74, 6) is -0.155. The highest BCUT2D eigenvalue weighted by Gasteiger charge is 2.13. The van der Waals surface area contributed by atoms with Gasteiger partial charge < -0.3 is 0 Å². The van der Waals surface area contributed by atoms with Crippen molar-refractivity contribution in [1.29, 1.82) is 0 Å². The molecule has 1 amide bonds. The van der Waals surface area contributed by atoms with Crippen molar-refractivity contribution < 1.29 is 4.79 Å². The SMILES string of the molecule is O=C1N=CSC1=Cc1ccc(-c2ccccc2)cc1. The second kappa shape index (κ2) is 5.24. The molecule has 3 rings (SSSR count). The van der Waals surface area contributed by atoms with Gasteiger partial charge in [-0.1, -0.05) is 66.4 Å². The molecular weight excluding hydrogens is 254 g/mol. The van der Waals surface area contributed by atoms with Crippen LogP contribution in [0.5, 0.6) is 0 Å². The molecule has 0 spiro atoms. The van der Waals surface area contributed by atoms with Crippen molar-refractivity contribution >= 4 is 29.3 Å². The van der Waals surface area contributed by atoms with E-state index in [2.05, 4.69) is 29.3 Å². The molecule has 0 aliphatic carbocycles. The first-order chi connectivity index (χ1) is 9.33. The number of carbonyl (C=O) groups is 1. The number of thioether (sulfide) groups is 1. The minimum atomic E-state index is -0.155. The lowest BCUT2D eigenvalue weighted by molar-refractivity contribution is -0.113. The molecule has 1 aliphatic rings. The van der Waals surface area contributed by atoms with Crippen molar-refractivity contribution in [1.82, 2.24) is 0 Å². The minimum Gasteiger partial charge on any atom is -0.266 e. The van der Waals surface area contributed by atoms with Gasteiger partial charge in [-0.3, -0.25) is 4.79 Å². The van der Waals surface area contributed by atoms with E-state index < -0.39 is 0 Å². The third-order valence-corrected chi connectivity index (χ3v) is 3.63. The van der Waals surface area contributed by atoms with E-state index >= 15 is 0 Å². The molecule has 0 unspecified atom stereocenters. The topological polar surface area (TPSA) is 29.4 Å². The Hall–Kier alpha value is -2.13. The second-order valence-electron chi connectivity index (χ2n) is 4.15. The maximum Gasteiger partial charge on any atom is 0.284 e. The van der Waals surface area contributed by atoms with Crippen molar-refractivity contribution in [2.24, 2.45) is 4.99 Å². The van der Waals surface area contributed by atoms with Crippen LogP contribution in [0.25, 0.3) is 17.2 Å². The molecule has 0 N–H and O–H groups in total. The van der Waals surface area contributed by atoms with Crippen LogP contribution in [0.3, 0.4) is 0 Å². The summed E-state index contributed by atoms with van der Waals surface area (Å²) in [4.78, 5) is 15.8. The van der Waals surface area contributed by atoms with Crippen LogP contribution in [0.15, 0.2) is 64.5 Å². The largest absolute Gasteiger partial charge is 0.284 e. The van der Waals surface area contributed by atoms with Crippen LogP contribution >= 0.6 is 11.8 Å². The van der Waals surface area contributed by atoms with Crippen molar-refractivity contribution in [3.63, 3.8) is 0 Å². The quantitative estimate of drug-likeness (QED) is 0.768. The Labute approximate surface area is 115 Å². The molecule has 0 saturated carbocycles. The fraction of sp³-hybridized carbons (Fsp3) is 0. The molecule has 0 saturated heterocycles. The molecule has 1 heterocycles. The van der Waals surface area contributed by atoms with Crippen LogP contribution in [0, 0.1) is 0 Å². The molecule has 0 aromatic heterocycles. The summed E-state index contributed by atoms with van der Waals surface area (Å²) in [6.07, 6.45) is 1.87. The van der Waals surface area contributed by atoms with Gasteiger partial charge in [0.05, 0.1) is 10.5 Å². The van der Waals surface area contributed by atoms with Crippen molar-refractivity contribution in [2.45, 2.75) is 0 Å². The molecular formula is C16H11NOS. The van der Waals surface area contributed by atoms with E-state index in [1.165, 1.54) is 22.9 Å². The van der Waals surface area contributed by atoms with Gasteiger partial charge >= 0.3 is 0 Å². The lowest BCUT2D eigenvalue weighted by atomic mass is 10.0. The molecule has 3 heteroatoms. The Balaban J connectivity index is 1.86. The second-order valence-corrected chi connectivity index (χ2v) is 5.04. The average Bonchev–Trinajstić information content (AvgIpc) is 2.86. The standard InChI is InChI=1S/C16H11NOS/c18-16-15(19-11-17-16)10-12-6-8-14(9-7-12)13-4-2-1-3-5-13/h1-11H. The summed E-state index contributed by atoms with van der Waals surface area (Å²) in [5.41, 5.74) is 4.95. The molecule has 0 fully saturated rings. The van der Waals surface area contributed by atoms with Crippen LogP contribution in [-0.2, 0) is 4.79 Å². The summed E-state index contributed by atoms with van der Waals surface area (Å²) in [6, 6.07) is 18.4. The Bertz CT molecular complexity index is 657. The first-order valence-corrected chi connectivity index (χ1v) is 6.81. The van der Waals surface area contributed by atoms with E-state index in [1.807, 2.05) is 36.4 Å². The first-order valence-electron chi connectivity index (χ1n) is 5.94. The van der Waals surface area contributed by atoms with Gasteiger partial charge in [-0.15, -0.1) is 0 Å². The average molecular weight is 265 g/mol. The van der Waals surface area contributed by atoms with Crippen LogP contribution in [-0.4, -0.2) is 11.5 Å². The zero-order valence-corrected chi connectivity index (χ0v) is 10.9. The van der Waals surface area contributed by atoms with Crippen LogP contribution < -0.4 is 0 Å². The van der Waals surface area contributed by atoms with Gasteiger partial charge in [-0.25, -0.2) is 4.99 Å². The lowest BCUT2D eigenvalue weighted by Crippen LogP contribution is -1.87. The van der Waals surface area contributed by atoms with Gasteiger partial charge in [0.15, 0.2) is 0 Å². The molecule has 19 heavy (non-hydrogen) atoms. The highest BCUT2D eigenvalue weighted by molar-refractivity contribution is 8.16. The van der Waals surface area contributed by atoms with Crippen molar-refractivity contribution in [3.05, 3.63) is 65.1 Å². The third kappa shape index (κ3) is 2.66. The summed E-state index contributed by atoms with van der Waals surface area (Å²) in [7, 11) is 0. The van der Waals surface area contributed by atoms with E-state index in [4.69, 9.17) is 0 Å². The summed E-state index contributed by atoms with van der Waals surface area (Å²) < 4.78 is 0. The maximum absolute atomic E-state index is 11.4. The Morgan fingerprint density at radius 3 is 2.21 bits per heavy atom. The number of nitrogens with zero attached hydrogens (tertiary/aromatic N) is 1. The number of hydrogen-bond donors (Lipinski definition) is 0. The van der Waals surface area contributed by atoms with E-state index in [1.54, 1.807) is 5.55 Å². The number of carbonyl (C=O) groups excluding carboxylic acids is 1. The molecule has 2 aromatic rings. The van der Waals surface area contributed by atoms with E-state index in [0.717, 1.165) is 5.56 Å². The molecule has 2 nitrogen and oxygen atoms in total. The van der Waals surface area contributed by atoms with Crippen LogP contribution in [0.1, 0.15) is 5.56 Å². The van der Waals surface area contributed by atoms with E-state index in [-0.39, 0.29) is 5.91 Å². The Morgan fingerprint density at radius 1 is 0.895 bits per heavy atom. The third-order valence-electron chi connectivity index (χ3n) is 2.88. The maximum atomic E-state index is 11.4. The number of hydrogen-bond acceptors (Lipinski definition) is 2. The van der Waals surface area contributed by atoms with Crippen LogP contribution in [0.4, 0.5) is 0 Å². The smallest absolute Gasteiger partial charge is 0.266 e. The number of rotatable bonds is 2. The van der Waals surface area contributed by atoms with Crippen LogP contribution in [0.2, 0.25) is 0 Å². The van der Waals surface area contributed by atoms with Gasteiger partial charge in [0.1, 0.15) is 0 Å². The molecule has 1 aliphatic heterocycles. The number of amides is 1. The van der Waals surface area contributed by atoms with E-state index in [0.29, 0.717) is 4.91 Å². The highest BCUT2D eigenvalue weighted by Crippen LogP contribution is 2.25. The normalized spacial score (nSPS) is 16.2. The fourth-order valence-electron chi connectivity index (χ4n) is 1.89. The molecule has 92 valence electrons. The molecule has 0 bridgehead atoms. The fourth-order valence-corrected chi connectivity index (χ4v) is 2.51. The summed E-state index contributed by atoms with van der Waals surface area (Å²) >= 11 is 1.37. The van der Waals surface area contributed by atoms with Gasteiger partial charge in [-0.2, -0.15) is 0 Å². The summed E-state index contributed by atoms with van der Waals surface area (Å²) in [6.45, 7) is 0. The van der Waals surface area contributed by atoms with E-state index in [9.17, 15) is 4.79 Å². The van der Waals surface area contributed by atoms with Crippen molar-refractivity contribution in [3.8, 4) is 11.1 Å². The number of aliphatic imine (C=N–C) groups is 1. The zero-order chi connectivity index (χ0) is 13.1. The van der Waals surface area contributed by atoms with Gasteiger partial charge in [0, 0.05) is 0 Å². The van der Waals surface area contributed by atoms with Gasteiger partial charge in [0.25, 0.3) is 5.91 Å². The predicted molar refractivity (Wildman–Crippen MR) is 80.9 cm³/mol. The Kier molecular flexibility index (Phi) is 3.29. The lowest BCUT2D eigenvalue weighted by Gasteiger charge is -2.02. The van der Waals surface area contributed by atoms with Gasteiger partial charge in [0.2, 0.25) is 0 Å². The zero-order valence-electron chi connectivity index (χ0n) is 10.1. The summed E-state index contributed by atoms with van der Waals surface area (Å²) in [5, 5.41) is 0. The highest BCUT2D eigenvalue weighted by atomic mass is 32.2. The van der Waals surface area contributed by atoms with Gasteiger partial charge in [-0.05, 0) is 22.8 Å². The Morgan fingerprint density at radius 2 is 1.58 bits per heavy atom. The monoisotopic (exact) mass is 265 g/mol. The molecule has 2 aromatic carbocycles. The molecule has 0 atom stereocenters. The molecule has 0 radical (unpaired) electrons. The predicted octanol–water partition coefficient (Wildman–Crippen LogP) is 4.00. The first kappa shape index (κ1) is 11.9. The minimum absolute atomic E-state index is 0.155. The number of benzene rings is 2. The van der Waals surface area contributed by atoms with Crippen molar-refractivity contribution in [2.75, 3.05) is 0 Å².